The van der Waals surface area contributed by atoms with Crippen LogP contribution in [0.3, 0.4) is 0 Å². The van der Waals surface area contributed by atoms with Crippen molar-refractivity contribution in [3.05, 3.63) is 161 Å². The highest BCUT2D eigenvalue weighted by molar-refractivity contribution is 6.00. The Morgan fingerprint density at radius 3 is 1.36 bits per heavy atom. The molecular weight excluding hydrogens is 913 g/mol. The van der Waals surface area contributed by atoms with E-state index in [1.165, 1.54) is 103 Å². The van der Waals surface area contributed by atoms with E-state index < -0.39 is 66.8 Å². The van der Waals surface area contributed by atoms with Crippen LogP contribution in [0, 0.1) is 5.92 Å². The van der Waals surface area contributed by atoms with Gasteiger partial charge < -0.3 is 34.9 Å². The number of unbranched alkanes of at least 4 members (excludes halogenated alkanes) is 2. The fraction of sp³-hybridized carbons (Fsp3) is 0.269. The van der Waals surface area contributed by atoms with E-state index in [2.05, 4.69) is 0 Å². The molecule has 5 rings (SSSR count). The number of aliphatic hydroxyl groups is 2. The van der Waals surface area contributed by atoms with Crippen LogP contribution in [0.1, 0.15) is 82.4 Å². The van der Waals surface area contributed by atoms with Crippen molar-refractivity contribution in [2.45, 2.75) is 69.5 Å². The van der Waals surface area contributed by atoms with Crippen LogP contribution in [0.5, 0.6) is 23.0 Å². The number of hydrogen-bond donors (Lipinski definition) is 3. The first-order chi connectivity index (χ1) is 32.7. The maximum absolute atomic E-state index is 13.4. The molecule has 17 heteroatoms. The molecule has 0 amide bonds. The average molecular weight is 962 g/mol. The molecule has 0 saturated carbocycles. The number of halogens is 6. The molecule has 5 aromatic rings. The van der Waals surface area contributed by atoms with E-state index in [4.69, 9.17) is 24.7 Å². The lowest BCUT2D eigenvalue weighted by molar-refractivity contribution is -0.199. The number of nitrogens with two attached hydrogens (primary N) is 1. The molecule has 0 spiro atoms. The number of ketones is 2. The highest BCUT2D eigenvalue weighted by Crippen LogP contribution is 2.28. The average Bonchev–Trinajstić information content (AvgIpc) is 3.30. The summed E-state index contributed by atoms with van der Waals surface area (Å²) < 4.78 is 95.6. The van der Waals surface area contributed by atoms with E-state index in [-0.39, 0.29) is 67.9 Å². The monoisotopic (exact) mass is 961 g/mol. The molecule has 0 radical (unpaired) electrons. The van der Waals surface area contributed by atoms with E-state index in [1.54, 1.807) is 36.4 Å². The Morgan fingerprint density at radius 1 is 0.536 bits per heavy atom. The van der Waals surface area contributed by atoms with Crippen LogP contribution in [0.15, 0.2) is 133 Å². The number of carbonyl (C=O) groups excluding carboxylic acids is 4. The van der Waals surface area contributed by atoms with Gasteiger partial charge in [-0.1, -0.05) is 48.6 Å². The first-order valence-corrected chi connectivity index (χ1v) is 21.7. The van der Waals surface area contributed by atoms with Gasteiger partial charge in [0.15, 0.2) is 5.78 Å². The van der Waals surface area contributed by atoms with Gasteiger partial charge in [0.2, 0.25) is 11.6 Å². The molecular formula is C52H49F6NO10. The lowest BCUT2D eigenvalue weighted by atomic mass is 9.84. The van der Waals surface area contributed by atoms with E-state index >= 15 is 0 Å². The Balaban J connectivity index is 1.13. The van der Waals surface area contributed by atoms with Gasteiger partial charge in [-0.15, -0.1) is 0 Å². The number of ether oxygens (including phenoxy) is 4. The summed E-state index contributed by atoms with van der Waals surface area (Å²) in [6.07, 6.45) is -5.47. The van der Waals surface area contributed by atoms with E-state index in [9.17, 15) is 55.7 Å². The summed E-state index contributed by atoms with van der Waals surface area (Å²) in [6, 6.07) is 30.4. The van der Waals surface area contributed by atoms with E-state index in [0.717, 1.165) is 6.08 Å². The highest BCUT2D eigenvalue weighted by Gasteiger charge is 2.41. The molecule has 1 atom stereocenters. The molecule has 0 aliphatic heterocycles. The minimum atomic E-state index is -4.22. The number of hydrogen-bond acceptors (Lipinski definition) is 11. The first kappa shape index (κ1) is 52.7. The van der Waals surface area contributed by atoms with Crippen LogP contribution in [-0.4, -0.2) is 65.1 Å². The molecule has 0 aromatic heterocycles. The predicted molar refractivity (Wildman–Crippen MR) is 244 cm³/mol. The van der Waals surface area contributed by atoms with Gasteiger partial charge in [0, 0.05) is 30.9 Å². The van der Waals surface area contributed by atoms with Crippen LogP contribution in [0.2, 0.25) is 0 Å². The number of anilines is 1. The summed E-state index contributed by atoms with van der Waals surface area (Å²) in [5.41, 5.74) is 8.21. The molecule has 0 saturated heterocycles. The Hall–Kier alpha value is -7.24. The summed E-state index contributed by atoms with van der Waals surface area (Å²) in [5.74, 6) is -6.19. The molecule has 11 nitrogen and oxygen atoms in total. The van der Waals surface area contributed by atoms with E-state index in [0.29, 0.717) is 33.9 Å². The molecule has 4 N–H and O–H groups in total. The summed E-state index contributed by atoms with van der Waals surface area (Å²) in [6.45, 7) is 0.174. The minimum absolute atomic E-state index is 0.0575. The fourth-order valence-electron chi connectivity index (χ4n) is 6.53. The molecule has 0 bridgehead atoms. The van der Waals surface area contributed by atoms with Crippen molar-refractivity contribution in [3.63, 3.8) is 0 Å². The van der Waals surface area contributed by atoms with Gasteiger partial charge in [0.1, 0.15) is 23.0 Å². The Bertz CT molecular complexity index is 2520. The molecule has 364 valence electrons. The first-order valence-electron chi connectivity index (χ1n) is 21.7. The minimum Gasteiger partial charge on any atom is -0.494 e. The molecule has 0 aliphatic rings. The molecule has 69 heavy (non-hydrogen) atoms. The van der Waals surface area contributed by atoms with Gasteiger partial charge in [0.25, 0.3) is 0 Å². The van der Waals surface area contributed by atoms with Crippen molar-refractivity contribution < 1.29 is 74.7 Å². The summed E-state index contributed by atoms with van der Waals surface area (Å²) in [4.78, 5) is 52.1. The topological polar surface area (TPSA) is 172 Å². The zero-order chi connectivity index (χ0) is 50.0. The van der Waals surface area contributed by atoms with Crippen LogP contribution in [0.4, 0.5) is 32.0 Å². The number of benzene rings is 5. The van der Waals surface area contributed by atoms with Crippen molar-refractivity contribution in [3.8, 4) is 23.0 Å². The third-order valence-electron chi connectivity index (χ3n) is 10.3. The number of allylic oxidation sites excluding steroid dienone is 1. The second kappa shape index (κ2) is 24.7. The number of rotatable bonds is 24. The van der Waals surface area contributed by atoms with Crippen LogP contribution >= 0.6 is 0 Å². The SMILES string of the molecule is Nc1ccc(CC(CC(=O)/C=C/c2ccc(OC(=O)c3ccc(OCCCCC(F)(F)F)cc3)cc2)C(O)(O)C(=O)/C=C/c2ccc(OC(=O)c3ccc(OCCCCC(F)(F)F)cc3)cc2)cc1. The smallest absolute Gasteiger partial charge is 0.389 e. The predicted octanol–water partition coefficient (Wildman–Crippen LogP) is 10.7. The second-order valence-electron chi connectivity index (χ2n) is 15.9. The Morgan fingerprint density at radius 2 is 0.942 bits per heavy atom. The maximum Gasteiger partial charge on any atom is 0.389 e. The standard InChI is InChI=1S/C52H49F6NO10/c53-50(54,55)29-1-3-31-66-43-24-13-38(14-25-43)48(62)68-45-20-8-35(9-21-45)7-19-42(60)34-40(33-37-5-17-41(59)18-6-37)52(64,65)47(61)28-12-36-10-22-46(23-11-36)69-49(63)39-15-26-44(27-16-39)67-32-4-2-30-51(56,57)58/h5-28,40,64-65H,1-4,29-34,59H2/b19-7+,28-12+. The summed E-state index contributed by atoms with van der Waals surface area (Å²) in [7, 11) is 0. The number of alkyl halides is 6. The molecule has 5 aromatic carbocycles. The van der Waals surface area contributed by atoms with Crippen LogP contribution in [0.25, 0.3) is 12.2 Å². The second-order valence-corrected chi connectivity index (χ2v) is 15.9. The fourth-order valence-corrected chi connectivity index (χ4v) is 6.53. The van der Waals surface area contributed by atoms with Gasteiger partial charge in [-0.05, 0) is 146 Å². The van der Waals surface area contributed by atoms with E-state index in [1.807, 2.05) is 0 Å². The van der Waals surface area contributed by atoms with Gasteiger partial charge in [-0.25, -0.2) is 9.59 Å². The summed E-state index contributed by atoms with van der Waals surface area (Å²) in [5, 5.41) is 22.6. The van der Waals surface area contributed by atoms with Gasteiger partial charge in [-0.2, -0.15) is 26.3 Å². The maximum atomic E-state index is 13.4. The van der Waals surface area contributed by atoms with Crippen LogP contribution < -0.4 is 24.7 Å². The number of esters is 2. The van der Waals surface area contributed by atoms with Crippen molar-refractivity contribution in [2.75, 3.05) is 18.9 Å². The largest absolute Gasteiger partial charge is 0.494 e. The molecule has 0 fully saturated rings. The van der Waals surface area contributed by atoms with Gasteiger partial charge in [0.05, 0.1) is 24.3 Å². The quantitative estimate of drug-likeness (QED) is 0.0102. The number of carbonyl (C=O) groups is 4. The molecule has 1 unspecified atom stereocenters. The molecule has 0 aliphatic carbocycles. The van der Waals surface area contributed by atoms with Crippen molar-refractivity contribution >= 4 is 41.3 Å². The Kier molecular flexibility index (Phi) is 18.9. The third-order valence-corrected chi connectivity index (χ3v) is 10.3. The zero-order valence-electron chi connectivity index (χ0n) is 37.0. The highest BCUT2D eigenvalue weighted by atomic mass is 19.4. The van der Waals surface area contributed by atoms with Crippen molar-refractivity contribution in [1.82, 2.24) is 0 Å². The van der Waals surface area contributed by atoms with Gasteiger partial charge in [-0.3, -0.25) is 9.59 Å². The van der Waals surface area contributed by atoms with Crippen LogP contribution in [-0.2, 0) is 16.0 Å². The normalized spacial score (nSPS) is 12.5. The van der Waals surface area contributed by atoms with Gasteiger partial charge >= 0.3 is 24.3 Å². The number of nitrogen functional groups attached to an aromatic ring is 1. The lowest BCUT2D eigenvalue weighted by Gasteiger charge is -2.28. The zero-order valence-corrected chi connectivity index (χ0v) is 37.0. The van der Waals surface area contributed by atoms with Crippen molar-refractivity contribution in [2.24, 2.45) is 5.92 Å². The van der Waals surface area contributed by atoms with Crippen molar-refractivity contribution in [1.29, 1.82) is 0 Å². The Labute approximate surface area is 393 Å². The lowest BCUT2D eigenvalue weighted by Crippen LogP contribution is -2.46. The summed E-state index contributed by atoms with van der Waals surface area (Å²) >= 11 is 0. The third kappa shape index (κ3) is 18.4. The molecule has 0 heterocycles.